The minimum atomic E-state index is -4.26. The van der Waals surface area contributed by atoms with Crippen LogP contribution in [0.5, 0.6) is 0 Å². The zero-order valence-corrected chi connectivity index (χ0v) is 14.4. The normalized spacial score (nSPS) is 19.1. The monoisotopic (exact) mass is 355 g/mol. The summed E-state index contributed by atoms with van der Waals surface area (Å²) in [6.45, 7) is 3.03. The summed E-state index contributed by atoms with van der Waals surface area (Å²) in [6, 6.07) is 0. The second-order valence-corrected chi connectivity index (χ2v) is 5.66. The van der Waals surface area contributed by atoms with Crippen molar-refractivity contribution in [2.24, 2.45) is 10.9 Å². The van der Waals surface area contributed by atoms with Crippen LogP contribution in [-0.4, -0.2) is 83.9 Å². The second kappa shape index (κ2) is 11.5. The van der Waals surface area contributed by atoms with E-state index in [0.29, 0.717) is 38.7 Å². The van der Waals surface area contributed by atoms with E-state index >= 15 is 0 Å². The van der Waals surface area contributed by atoms with Gasteiger partial charge in [0.25, 0.3) is 0 Å². The number of halogens is 3. The Hall–Kier alpha value is -1.06. The topological polar surface area (TPSA) is 55.3 Å². The van der Waals surface area contributed by atoms with Gasteiger partial charge in [0.15, 0.2) is 5.96 Å². The van der Waals surface area contributed by atoms with Crippen LogP contribution in [-0.2, 0) is 14.2 Å². The van der Waals surface area contributed by atoms with Gasteiger partial charge in [-0.1, -0.05) is 0 Å². The molecule has 1 aliphatic heterocycles. The Morgan fingerprint density at radius 3 is 2.71 bits per heavy atom. The quantitative estimate of drug-likeness (QED) is 0.366. The van der Waals surface area contributed by atoms with E-state index in [1.807, 2.05) is 0 Å². The summed E-state index contributed by atoms with van der Waals surface area (Å²) in [7, 11) is 3.34. The molecule has 0 aromatic carbocycles. The van der Waals surface area contributed by atoms with Gasteiger partial charge in [0.05, 0.1) is 19.8 Å². The Morgan fingerprint density at radius 1 is 1.25 bits per heavy atom. The van der Waals surface area contributed by atoms with E-state index in [2.05, 4.69) is 19.9 Å². The molecule has 1 fully saturated rings. The SMILES string of the molecule is CN=C(NCCCOCC(F)(F)F)N1CCC(COCCOC)C1. The molecule has 1 aliphatic rings. The molecule has 6 nitrogen and oxygen atoms in total. The highest BCUT2D eigenvalue weighted by atomic mass is 19.4. The first-order valence-corrected chi connectivity index (χ1v) is 8.13. The molecule has 0 aliphatic carbocycles. The third kappa shape index (κ3) is 9.29. The first-order valence-electron chi connectivity index (χ1n) is 8.13. The average Bonchev–Trinajstić information content (AvgIpc) is 2.98. The highest BCUT2D eigenvalue weighted by Crippen LogP contribution is 2.16. The van der Waals surface area contributed by atoms with Crippen LogP contribution >= 0.6 is 0 Å². The summed E-state index contributed by atoms with van der Waals surface area (Å²) in [5.74, 6) is 1.22. The summed E-state index contributed by atoms with van der Waals surface area (Å²) < 4.78 is 50.9. The number of likely N-dealkylation sites (tertiary alicyclic amines) is 1. The number of alkyl halides is 3. The molecule has 9 heteroatoms. The molecule has 0 saturated carbocycles. The van der Waals surface area contributed by atoms with Crippen molar-refractivity contribution in [1.29, 1.82) is 0 Å². The van der Waals surface area contributed by atoms with Gasteiger partial charge in [-0.25, -0.2) is 0 Å². The molecule has 0 radical (unpaired) electrons. The Bertz CT molecular complexity index is 368. The molecule has 1 atom stereocenters. The number of nitrogens with zero attached hydrogens (tertiary/aromatic N) is 2. The minimum Gasteiger partial charge on any atom is -0.382 e. The van der Waals surface area contributed by atoms with Crippen molar-refractivity contribution in [2.45, 2.75) is 19.0 Å². The Morgan fingerprint density at radius 2 is 2.04 bits per heavy atom. The second-order valence-electron chi connectivity index (χ2n) is 5.66. The molecule has 0 bridgehead atoms. The van der Waals surface area contributed by atoms with Crippen LogP contribution in [0.2, 0.25) is 0 Å². The molecule has 1 rings (SSSR count). The van der Waals surface area contributed by atoms with Crippen molar-refractivity contribution in [3.05, 3.63) is 0 Å². The zero-order chi connectivity index (χ0) is 17.8. The smallest absolute Gasteiger partial charge is 0.382 e. The van der Waals surface area contributed by atoms with E-state index in [1.165, 1.54) is 0 Å². The third-order valence-electron chi connectivity index (χ3n) is 3.60. The molecular weight excluding hydrogens is 327 g/mol. The summed E-state index contributed by atoms with van der Waals surface area (Å²) in [6.07, 6.45) is -2.74. The molecule has 0 aromatic rings. The van der Waals surface area contributed by atoms with Crippen LogP contribution < -0.4 is 5.32 Å². The highest BCUT2D eigenvalue weighted by Gasteiger charge is 2.27. The van der Waals surface area contributed by atoms with Crippen molar-refractivity contribution < 1.29 is 27.4 Å². The van der Waals surface area contributed by atoms with E-state index in [4.69, 9.17) is 9.47 Å². The minimum absolute atomic E-state index is 0.0689. The maximum atomic E-state index is 11.9. The van der Waals surface area contributed by atoms with Gasteiger partial charge in [-0.05, 0) is 12.8 Å². The fourth-order valence-electron chi connectivity index (χ4n) is 2.45. The Kier molecular flexibility index (Phi) is 10.0. The van der Waals surface area contributed by atoms with Gasteiger partial charge in [0, 0.05) is 46.3 Å². The molecule has 0 aromatic heterocycles. The standard InChI is InChI=1S/C15H28F3N3O3/c1-19-14(20-5-3-7-24-12-15(16,17)18)21-6-4-13(10-21)11-23-9-8-22-2/h13H,3-12H2,1-2H3,(H,19,20). The highest BCUT2D eigenvalue weighted by molar-refractivity contribution is 5.80. The summed E-state index contributed by atoms with van der Waals surface area (Å²) >= 11 is 0. The maximum absolute atomic E-state index is 11.9. The summed E-state index contributed by atoms with van der Waals surface area (Å²) in [5.41, 5.74) is 0. The Labute approximate surface area is 141 Å². The zero-order valence-electron chi connectivity index (χ0n) is 14.4. The molecule has 1 N–H and O–H groups in total. The van der Waals surface area contributed by atoms with Gasteiger partial charge in [-0.2, -0.15) is 13.2 Å². The van der Waals surface area contributed by atoms with Gasteiger partial charge in [-0.15, -0.1) is 0 Å². The molecule has 24 heavy (non-hydrogen) atoms. The third-order valence-corrected chi connectivity index (χ3v) is 3.60. The summed E-state index contributed by atoms with van der Waals surface area (Å²) in [4.78, 5) is 6.36. The number of nitrogens with one attached hydrogen (secondary N) is 1. The van der Waals surface area contributed by atoms with Crippen molar-refractivity contribution in [2.75, 3.05) is 66.8 Å². The van der Waals surface area contributed by atoms with Gasteiger partial charge in [-0.3, -0.25) is 4.99 Å². The summed E-state index contributed by atoms with van der Waals surface area (Å²) in [5, 5.41) is 3.16. The number of ether oxygens (including phenoxy) is 3. The molecule has 142 valence electrons. The van der Waals surface area contributed by atoms with E-state index in [9.17, 15) is 13.2 Å². The van der Waals surface area contributed by atoms with Crippen LogP contribution in [0.1, 0.15) is 12.8 Å². The van der Waals surface area contributed by atoms with Crippen LogP contribution in [0.4, 0.5) is 13.2 Å². The molecule has 1 unspecified atom stereocenters. The van der Waals surface area contributed by atoms with Crippen molar-refractivity contribution in [3.8, 4) is 0 Å². The lowest BCUT2D eigenvalue weighted by molar-refractivity contribution is -0.173. The van der Waals surface area contributed by atoms with Gasteiger partial charge in [0.1, 0.15) is 6.61 Å². The number of hydrogen-bond donors (Lipinski definition) is 1. The molecular formula is C15H28F3N3O3. The van der Waals surface area contributed by atoms with E-state index in [1.54, 1.807) is 14.2 Å². The number of guanidine groups is 1. The van der Waals surface area contributed by atoms with Crippen molar-refractivity contribution in [3.63, 3.8) is 0 Å². The average molecular weight is 355 g/mol. The van der Waals surface area contributed by atoms with Gasteiger partial charge in [0.2, 0.25) is 0 Å². The van der Waals surface area contributed by atoms with Crippen molar-refractivity contribution in [1.82, 2.24) is 10.2 Å². The van der Waals surface area contributed by atoms with Gasteiger partial charge >= 0.3 is 6.18 Å². The molecule has 1 saturated heterocycles. The van der Waals surface area contributed by atoms with Crippen LogP contribution in [0.15, 0.2) is 4.99 Å². The molecule has 0 spiro atoms. The van der Waals surface area contributed by atoms with E-state index < -0.39 is 12.8 Å². The first-order chi connectivity index (χ1) is 11.5. The fraction of sp³-hybridized carbons (Fsp3) is 0.933. The predicted octanol–water partition coefficient (Wildman–Crippen LogP) is 1.52. The lowest BCUT2D eigenvalue weighted by Gasteiger charge is -2.21. The fourth-order valence-corrected chi connectivity index (χ4v) is 2.45. The Balaban J connectivity index is 2.14. The van der Waals surface area contributed by atoms with Crippen LogP contribution in [0.3, 0.4) is 0 Å². The molecule has 0 amide bonds. The van der Waals surface area contributed by atoms with Crippen LogP contribution in [0, 0.1) is 5.92 Å². The van der Waals surface area contributed by atoms with Gasteiger partial charge < -0.3 is 24.4 Å². The number of methoxy groups -OCH3 is 1. The number of rotatable bonds is 10. The van der Waals surface area contributed by atoms with E-state index in [-0.39, 0.29) is 6.61 Å². The number of hydrogen-bond acceptors (Lipinski definition) is 4. The predicted molar refractivity (Wildman–Crippen MR) is 85.2 cm³/mol. The first kappa shape index (κ1) is 21.0. The molecule has 1 heterocycles. The number of aliphatic imine (C=N–C) groups is 1. The largest absolute Gasteiger partial charge is 0.411 e. The lowest BCUT2D eigenvalue weighted by Crippen LogP contribution is -2.40. The van der Waals surface area contributed by atoms with E-state index in [0.717, 1.165) is 25.5 Å². The lowest BCUT2D eigenvalue weighted by atomic mass is 10.1. The maximum Gasteiger partial charge on any atom is 0.411 e. The van der Waals surface area contributed by atoms with Crippen LogP contribution in [0.25, 0.3) is 0 Å². The van der Waals surface area contributed by atoms with Crippen molar-refractivity contribution >= 4 is 5.96 Å².